The molecule has 22 heavy (non-hydrogen) atoms. The van der Waals surface area contributed by atoms with E-state index in [-0.39, 0.29) is 5.56 Å². The molecule has 8 heteroatoms. The van der Waals surface area contributed by atoms with Crippen LogP contribution in [0.1, 0.15) is 10.4 Å². The summed E-state index contributed by atoms with van der Waals surface area (Å²) < 4.78 is 15.2. The lowest BCUT2D eigenvalue weighted by Crippen LogP contribution is -2.60. The molecule has 0 aromatic heterocycles. The second-order valence-corrected chi connectivity index (χ2v) is 5.26. The molecule has 1 aliphatic rings. The van der Waals surface area contributed by atoms with Crippen molar-refractivity contribution in [3.05, 3.63) is 34.9 Å². The Balaban J connectivity index is 2.14. The standard InChI is InChI=1S/C14H17ClO7/c1-20-14-11(18)12(10(17)9(6-16)21-14)22-13(19)7-2-4-8(15)5-3-7/h2-5,9-12,14,16-18H,6H2,1H3/t9-,10-,11+,12+,14+/m1/s1. The Labute approximate surface area is 132 Å². The van der Waals surface area contributed by atoms with Gasteiger partial charge < -0.3 is 29.5 Å². The monoisotopic (exact) mass is 332 g/mol. The lowest BCUT2D eigenvalue weighted by atomic mass is 9.99. The zero-order valence-corrected chi connectivity index (χ0v) is 12.5. The number of carbonyl (C=O) groups excluding carboxylic acids is 1. The van der Waals surface area contributed by atoms with E-state index in [0.717, 1.165) is 0 Å². The van der Waals surface area contributed by atoms with Gasteiger partial charge in [-0.15, -0.1) is 0 Å². The number of ether oxygens (including phenoxy) is 3. The Morgan fingerprint density at radius 2 is 1.91 bits per heavy atom. The van der Waals surface area contributed by atoms with Gasteiger partial charge >= 0.3 is 5.97 Å². The third-order valence-electron chi connectivity index (χ3n) is 3.38. The predicted octanol–water partition coefficient (Wildman–Crippen LogP) is -0.0492. The van der Waals surface area contributed by atoms with E-state index >= 15 is 0 Å². The molecular formula is C14H17ClO7. The summed E-state index contributed by atoms with van der Waals surface area (Å²) in [7, 11) is 1.29. The van der Waals surface area contributed by atoms with Gasteiger partial charge in [0, 0.05) is 12.1 Å². The van der Waals surface area contributed by atoms with Crippen LogP contribution in [0.15, 0.2) is 24.3 Å². The largest absolute Gasteiger partial charge is 0.453 e. The Kier molecular flexibility index (Phi) is 5.74. The average molecular weight is 333 g/mol. The molecule has 1 saturated heterocycles. The molecule has 0 saturated carbocycles. The van der Waals surface area contributed by atoms with Gasteiger partial charge in [-0.1, -0.05) is 11.6 Å². The van der Waals surface area contributed by atoms with E-state index in [0.29, 0.717) is 5.02 Å². The zero-order valence-electron chi connectivity index (χ0n) is 11.8. The number of hydrogen-bond donors (Lipinski definition) is 3. The van der Waals surface area contributed by atoms with Crippen LogP contribution in [0, 0.1) is 0 Å². The molecular weight excluding hydrogens is 316 g/mol. The minimum absolute atomic E-state index is 0.213. The first-order chi connectivity index (χ1) is 10.5. The average Bonchev–Trinajstić information content (AvgIpc) is 2.52. The Morgan fingerprint density at radius 1 is 1.27 bits per heavy atom. The van der Waals surface area contributed by atoms with Crippen molar-refractivity contribution in [3.8, 4) is 0 Å². The van der Waals surface area contributed by atoms with E-state index in [2.05, 4.69) is 0 Å². The van der Waals surface area contributed by atoms with Crippen LogP contribution >= 0.6 is 11.6 Å². The number of carbonyl (C=O) groups is 1. The molecule has 0 bridgehead atoms. The Bertz CT molecular complexity index is 490. The summed E-state index contributed by atoms with van der Waals surface area (Å²) in [6.07, 6.45) is -6.22. The molecule has 1 fully saturated rings. The summed E-state index contributed by atoms with van der Waals surface area (Å²) in [6.45, 7) is -0.511. The van der Waals surface area contributed by atoms with Gasteiger partial charge in [0.2, 0.25) is 0 Å². The zero-order chi connectivity index (χ0) is 16.3. The Hall–Kier alpha value is -1.22. The smallest absolute Gasteiger partial charge is 0.338 e. The third kappa shape index (κ3) is 3.57. The third-order valence-corrected chi connectivity index (χ3v) is 3.63. The molecule has 5 atom stereocenters. The summed E-state index contributed by atoms with van der Waals surface area (Å²) in [6, 6.07) is 5.95. The first kappa shape index (κ1) is 17.1. The van der Waals surface area contributed by atoms with Gasteiger partial charge in [-0.3, -0.25) is 0 Å². The number of hydrogen-bond acceptors (Lipinski definition) is 7. The van der Waals surface area contributed by atoms with Crippen LogP contribution < -0.4 is 0 Å². The second kappa shape index (κ2) is 7.36. The van der Waals surface area contributed by atoms with E-state index in [4.69, 9.17) is 25.8 Å². The number of methoxy groups -OCH3 is 1. The molecule has 0 amide bonds. The Morgan fingerprint density at radius 3 is 2.45 bits per heavy atom. The summed E-state index contributed by atoms with van der Waals surface area (Å²) >= 11 is 5.74. The SMILES string of the molecule is CO[C@H]1O[C@H](CO)[C@@H](O)[C@H](OC(=O)c2ccc(Cl)cc2)[C@@H]1O. The molecule has 122 valence electrons. The summed E-state index contributed by atoms with van der Waals surface area (Å²) in [5.74, 6) is -0.742. The highest BCUT2D eigenvalue weighted by Gasteiger charge is 2.46. The van der Waals surface area contributed by atoms with Crippen molar-refractivity contribution in [2.75, 3.05) is 13.7 Å². The topological polar surface area (TPSA) is 105 Å². The molecule has 1 aromatic carbocycles. The maximum atomic E-state index is 12.1. The second-order valence-electron chi connectivity index (χ2n) is 4.82. The lowest BCUT2D eigenvalue weighted by Gasteiger charge is -2.40. The minimum Gasteiger partial charge on any atom is -0.453 e. The van der Waals surface area contributed by atoms with Crippen LogP contribution in [-0.4, -0.2) is 65.7 Å². The van der Waals surface area contributed by atoms with Crippen molar-refractivity contribution in [1.82, 2.24) is 0 Å². The summed E-state index contributed by atoms with van der Waals surface area (Å²) in [4.78, 5) is 12.1. The van der Waals surface area contributed by atoms with E-state index in [9.17, 15) is 20.1 Å². The molecule has 0 spiro atoms. The maximum absolute atomic E-state index is 12.1. The van der Waals surface area contributed by atoms with Gasteiger partial charge in [-0.2, -0.15) is 0 Å². The van der Waals surface area contributed by atoms with E-state index < -0.39 is 43.3 Å². The normalized spacial score (nSPS) is 31.8. The highest BCUT2D eigenvalue weighted by atomic mass is 35.5. The van der Waals surface area contributed by atoms with Crippen molar-refractivity contribution >= 4 is 17.6 Å². The first-order valence-electron chi connectivity index (χ1n) is 6.59. The molecule has 0 aliphatic carbocycles. The van der Waals surface area contributed by atoms with Crippen LogP contribution in [-0.2, 0) is 14.2 Å². The fourth-order valence-corrected chi connectivity index (χ4v) is 2.29. The van der Waals surface area contributed by atoms with E-state index in [1.54, 1.807) is 0 Å². The van der Waals surface area contributed by atoms with Crippen LogP contribution in [0.4, 0.5) is 0 Å². The van der Waals surface area contributed by atoms with Crippen molar-refractivity contribution in [2.24, 2.45) is 0 Å². The number of benzene rings is 1. The highest BCUT2D eigenvalue weighted by molar-refractivity contribution is 6.30. The molecule has 2 rings (SSSR count). The molecule has 1 aliphatic heterocycles. The van der Waals surface area contributed by atoms with Crippen molar-refractivity contribution in [3.63, 3.8) is 0 Å². The van der Waals surface area contributed by atoms with Crippen LogP contribution in [0.3, 0.4) is 0 Å². The first-order valence-corrected chi connectivity index (χ1v) is 6.97. The number of esters is 1. The van der Waals surface area contributed by atoms with Crippen molar-refractivity contribution < 1.29 is 34.3 Å². The molecule has 7 nitrogen and oxygen atoms in total. The summed E-state index contributed by atoms with van der Waals surface area (Å²) in [5.41, 5.74) is 0.213. The van der Waals surface area contributed by atoms with E-state index in [1.807, 2.05) is 0 Å². The van der Waals surface area contributed by atoms with Gasteiger partial charge in [0.1, 0.15) is 18.3 Å². The highest BCUT2D eigenvalue weighted by Crippen LogP contribution is 2.25. The van der Waals surface area contributed by atoms with Gasteiger partial charge in [0.15, 0.2) is 12.4 Å². The quantitative estimate of drug-likeness (QED) is 0.664. The predicted molar refractivity (Wildman–Crippen MR) is 75.4 cm³/mol. The number of aliphatic hydroxyl groups excluding tert-OH is 3. The fraction of sp³-hybridized carbons (Fsp3) is 0.500. The van der Waals surface area contributed by atoms with Crippen molar-refractivity contribution in [1.29, 1.82) is 0 Å². The molecule has 3 N–H and O–H groups in total. The molecule has 0 radical (unpaired) electrons. The lowest BCUT2D eigenvalue weighted by molar-refractivity contribution is -0.293. The van der Waals surface area contributed by atoms with Gasteiger partial charge in [-0.05, 0) is 24.3 Å². The number of aliphatic hydroxyl groups is 3. The molecule has 1 heterocycles. The fourth-order valence-electron chi connectivity index (χ4n) is 2.16. The maximum Gasteiger partial charge on any atom is 0.338 e. The summed E-state index contributed by atoms with van der Waals surface area (Å²) in [5, 5.41) is 29.8. The van der Waals surface area contributed by atoms with Crippen LogP contribution in [0.25, 0.3) is 0 Å². The van der Waals surface area contributed by atoms with Crippen molar-refractivity contribution in [2.45, 2.75) is 30.7 Å². The van der Waals surface area contributed by atoms with Crippen LogP contribution in [0.5, 0.6) is 0 Å². The van der Waals surface area contributed by atoms with E-state index in [1.165, 1.54) is 31.4 Å². The number of halogens is 1. The number of rotatable bonds is 4. The van der Waals surface area contributed by atoms with Crippen LogP contribution in [0.2, 0.25) is 5.02 Å². The van der Waals surface area contributed by atoms with Gasteiger partial charge in [-0.25, -0.2) is 4.79 Å². The van der Waals surface area contributed by atoms with Gasteiger partial charge in [0.25, 0.3) is 0 Å². The molecule has 1 aromatic rings. The minimum atomic E-state index is -1.39. The van der Waals surface area contributed by atoms with Gasteiger partial charge in [0.05, 0.1) is 12.2 Å². The molecule has 0 unspecified atom stereocenters.